The lowest BCUT2D eigenvalue weighted by Gasteiger charge is -2.11. The van der Waals surface area contributed by atoms with Crippen molar-refractivity contribution in [1.82, 2.24) is 0 Å². The molecule has 1 N–H and O–H groups in total. The maximum absolute atomic E-state index is 11.4. The SMILES string of the molecule is COc1ccc(-c2ccc(OC)cc2C(=O)O)c(C=O)c1. The smallest absolute Gasteiger partial charge is 0.336 e. The van der Waals surface area contributed by atoms with E-state index in [1.165, 1.54) is 20.3 Å². The van der Waals surface area contributed by atoms with Crippen molar-refractivity contribution in [1.29, 1.82) is 0 Å². The van der Waals surface area contributed by atoms with E-state index in [2.05, 4.69) is 0 Å². The Bertz CT molecular complexity index is 691. The summed E-state index contributed by atoms with van der Waals surface area (Å²) in [6.45, 7) is 0. The maximum Gasteiger partial charge on any atom is 0.336 e. The number of carboxylic acids is 1. The van der Waals surface area contributed by atoms with Gasteiger partial charge < -0.3 is 14.6 Å². The molecular weight excluding hydrogens is 272 g/mol. The lowest BCUT2D eigenvalue weighted by molar-refractivity contribution is 0.0697. The van der Waals surface area contributed by atoms with Crippen LogP contribution in [0.3, 0.4) is 0 Å². The van der Waals surface area contributed by atoms with Crippen LogP contribution < -0.4 is 9.47 Å². The van der Waals surface area contributed by atoms with Gasteiger partial charge in [0, 0.05) is 5.56 Å². The van der Waals surface area contributed by atoms with Crippen LogP contribution in [0.15, 0.2) is 36.4 Å². The first-order valence-electron chi connectivity index (χ1n) is 6.15. The van der Waals surface area contributed by atoms with E-state index in [1.54, 1.807) is 30.3 Å². The number of benzene rings is 2. The molecular formula is C16H14O5. The number of carbonyl (C=O) groups excluding carboxylic acids is 1. The highest BCUT2D eigenvalue weighted by Gasteiger charge is 2.16. The molecule has 5 heteroatoms. The number of carboxylic acid groups (broad SMARTS) is 1. The predicted molar refractivity (Wildman–Crippen MR) is 77.3 cm³/mol. The predicted octanol–water partition coefficient (Wildman–Crippen LogP) is 2.88. The average Bonchev–Trinajstić information content (AvgIpc) is 2.53. The van der Waals surface area contributed by atoms with Crippen molar-refractivity contribution in [2.75, 3.05) is 14.2 Å². The number of aromatic carboxylic acids is 1. The van der Waals surface area contributed by atoms with Crippen molar-refractivity contribution in [3.8, 4) is 22.6 Å². The van der Waals surface area contributed by atoms with Crippen molar-refractivity contribution < 1.29 is 24.2 Å². The molecule has 108 valence electrons. The van der Waals surface area contributed by atoms with Crippen LogP contribution in [-0.2, 0) is 0 Å². The van der Waals surface area contributed by atoms with Gasteiger partial charge in [-0.1, -0.05) is 0 Å². The number of methoxy groups -OCH3 is 2. The van der Waals surface area contributed by atoms with E-state index in [4.69, 9.17) is 9.47 Å². The second-order valence-electron chi connectivity index (χ2n) is 4.29. The van der Waals surface area contributed by atoms with Crippen LogP contribution in [0.1, 0.15) is 20.7 Å². The zero-order valence-electron chi connectivity index (χ0n) is 11.6. The first-order valence-corrected chi connectivity index (χ1v) is 6.15. The Morgan fingerprint density at radius 2 is 1.57 bits per heavy atom. The zero-order valence-corrected chi connectivity index (χ0v) is 11.6. The zero-order chi connectivity index (χ0) is 15.4. The molecule has 5 nitrogen and oxygen atoms in total. The molecule has 2 aromatic carbocycles. The van der Waals surface area contributed by atoms with E-state index in [0.29, 0.717) is 34.5 Å². The molecule has 0 atom stereocenters. The molecule has 0 bridgehead atoms. The monoisotopic (exact) mass is 286 g/mol. The molecule has 0 aliphatic heterocycles. The van der Waals surface area contributed by atoms with E-state index >= 15 is 0 Å². The molecule has 0 fully saturated rings. The summed E-state index contributed by atoms with van der Waals surface area (Å²) in [5.41, 5.74) is 1.42. The Balaban J connectivity index is 2.66. The summed E-state index contributed by atoms with van der Waals surface area (Å²) in [6.07, 6.45) is 0.674. The van der Waals surface area contributed by atoms with Gasteiger partial charge in [0.2, 0.25) is 0 Å². The van der Waals surface area contributed by atoms with Crippen LogP contribution in [0.25, 0.3) is 11.1 Å². The maximum atomic E-state index is 11.4. The highest BCUT2D eigenvalue weighted by Crippen LogP contribution is 2.31. The third-order valence-electron chi connectivity index (χ3n) is 3.13. The number of aldehydes is 1. The van der Waals surface area contributed by atoms with Crippen LogP contribution >= 0.6 is 0 Å². The van der Waals surface area contributed by atoms with Gasteiger partial charge in [-0.2, -0.15) is 0 Å². The molecule has 0 radical (unpaired) electrons. The van der Waals surface area contributed by atoms with Crippen molar-refractivity contribution in [3.05, 3.63) is 47.5 Å². The average molecular weight is 286 g/mol. The van der Waals surface area contributed by atoms with Gasteiger partial charge >= 0.3 is 5.97 Å². The van der Waals surface area contributed by atoms with E-state index in [0.717, 1.165) is 0 Å². The van der Waals surface area contributed by atoms with Crippen LogP contribution in [0.4, 0.5) is 0 Å². The lowest BCUT2D eigenvalue weighted by atomic mass is 9.95. The number of carbonyl (C=O) groups is 2. The topological polar surface area (TPSA) is 72.8 Å². The number of hydrogen-bond acceptors (Lipinski definition) is 4. The molecule has 0 aliphatic carbocycles. The molecule has 2 aromatic rings. The van der Waals surface area contributed by atoms with E-state index < -0.39 is 5.97 Å². The number of ether oxygens (including phenoxy) is 2. The van der Waals surface area contributed by atoms with Crippen molar-refractivity contribution in [2.24, 2.45) is 0 Å². The van der Waals surface area contributed by atoms with Crippen molar-refractivity contribution in [3.63, 3.8) is 0 Å². The fourth-order valence-electron chi connectivity index (χ4n) is 2.07. The molecule has 0 aromatic heterocycles. The number of hydrogen-bond donors (Lipinski definition) is 1. The summed E-state index contributed by atoms with van der Waals surface area (Å²) in [5.74, 6) is -0.111. The molecule has 0 heterocycles. The first kappa shape index (κ1) is 14.6. The molecule has 0 saturated heterocycles. The minimum absolute atomic E-state index is 0.0719. The van der Waals surface area contributed by atoms with Crippen LogP contribution in [0, 0.1) is 0 Å². The Morgan fingerprint density at radius 3 is 2.10 bits per heavy atom. The summed E-state index contributed by atoms with van der Waals surface area (Å²) >= 11 is 0. The lowest BCUT2D eigenvalue weighted by Crippen LogP contribution is -2.02. The Morgan fingerprint density at radius 1 is 1.00 bits per heavy atom. The Kier molecular flexibility index (Phi) is 4.23. The highest BCUT2D eigenvalue weighted by molar-refractivity contribution is 5.99. The van der Waals surface area contributed by atoms with Crippen molar-refractivity contribution in [2.45, 2.75) is 0 Å². The fraction of sp³-hybridized carbons (Fsp3) is 0.125. The molecule has 2 rings (SSSR count). The van der Waals surface area contributed by atoms with Gasteiger partial charge in [-0.25, -0.2) is 4.79 Å². The summed E-state index contributed by atoms with van der Waals surface area (Å²) in [6, 6.07) is 9.61. The third-order valence-corrected chi connectivity index (χ3v) is 3.13. The molecule has 0 amide bonds. The Labute approximate surface area is 121 Å². The van der Waals surface area contributed by atoms with Crippen LogP contribution in [0.2, 0.25) is 0 Å². The second-order valence-corrected chi connectivity index (χ2v) is 4.29. The van der Waals surface area contributed by atoms with Gasteiger partial charge in [0.15, 0.2) is 6.29 Å². The van der Waals surface area contributed by atoms with E-state index in [-0.39, 0.29) is 5.56 Å². The van der Waals surface area contributed by atoms with Gasteiger partial charge in [0.25, 0.3) is 0 Å². The van der Waals surface area contributed by atoms with E-state index in [9.17, 15) is 14.7 Å². The van der Waals surface area contributed by atoms with Gasteiger partial charge in [-0.15, -0.1) is 0 Å². The normalized spacial score (nSPS) is 10.0. The summed E-state index contributed by atoms with van der Waals surface area (Å²) in [5, 5.41) is 9.34. The minimum atomic E-state index is -1.09. The van der Waals surface area contributed by atoms with Crippen molar-refractivity contribution >= 4 is 12.3 Å². The van der Waals surface area contributed by atoms with Gasteiger partial charge in [-0.05, 0) is 47.5 Å². The third kappa shape index (κ3) is 2.86. The molecule has 0 saturated carbocycles. The Hall–Kier alpha value is -2.82. The second kappa shape index (κ2) is 6.09. The van der Waals surface area contributed by atoms with Gasteiger partial charge in [-0.3, -0.25) is 4.79 Å². The number of rotatable bonds is 5. The van der Waals surface area contributed by atoms with Gasteiger partial charge in [0.1, 0.15) is 11.5 Å². The molecule has 21 heavy (non-hydrogen) atoms. The fourth-order valence-corrected chi connectivity index (χ4v) is 2.07. The summed E-state index contributed by atoms with van der Waals surface area (Å²) < 4.78 is 10.1. The van der Waals surface area contributed by atoms with Crippen LogP contribution in [0.5, 0.6) is 11.5 Å². The molecule has 0 spiro atoms. The molecule has 0 aliphatic rings. The molecule has 0 unspecified atom stereocenters. The van der Waals surface area contributed by atoms with Crippen LogP contribution in [-0.4, -0.2) is 31.6 Å². The highest BCUT2D eigenvalue weighted by atomic mass is 16.5. The van der Waals surface area contributed by atoms with Gasteiger partial charge in [0.05, 0.1) is 19.8 Å². The largest absolute Gasteiger partial charge is 0.497 e. The summed E-state index contributed by atoms with van der Waals surface area (Å²) in [7, 11) is 2.96. The first-order chi connectivity index (χ1) is 10.1. The minimum Gasteiger partial charge on any atom is -0.497 e. The quantitative estimate of drug-likeness (QED) is 0.855. The summed E-state index contributed by atoms with van der Waals surface area (Å²) in [4.78, 5) is 22.7. The standard InChI is InChI=1S/C16H14O5/c1-20-11-3-5-13(10(7-11)9-17)14-6-4-12(21-2)8-15(14)16(18)19/h3-9H,1-2H3,(H,18,19). The van der Waals surface area contributed by atoms with E-state index in [1.807, 2.05) is 0 Å².